The van der Waals surface area contributed by atoms with Gasteiger partial charge < -0.3 is 15.0 Å². The van der Waals surface area contributed by atoms with Gasteiger partial charge >= 0.3 is 0 Å². The van der Waals surface area contributed by atoms with Gasteiger partial charge in [0, 0.05) is 26.6 Å². The third-order valence-electron chi connectivity index (χ3n) is 1.77. The number of nitrogens with zero attached hydrogens (tertiary/aromatic N) is 3. The van der Waals surface area contributed by atoms with E-state index in [0.29, 0.717) is 6.54 Å². The zero-order valence-corrected chi connectivity index (χ0v) is 8.06. The number of hydrogen-bond donors (Lipinski definition) is 2. The number of hydrogen-bond acceptors (Lipinski definition) is 4. The predicted octanol–water partition coefficient (Wildman–Crippen LogP) is -0.672. The first kappa shape index (κ1) is 10.1. The average Bonchev–Trinajstić information content (AvgIpc) is 2.45. The lowest BCUT2D eigenvalue weighted by Gasteiger charge is -2.05. The molecular weight excluding hydrogens is 168 g/mol. The molecule has 0 radical (unpaired) electrons. The van der Waals surface area contributed by atoms with Gasteiger partial charge in [-0.05, 0) is 6.92 Å². The molecule has 1 atom stereocenters. The van der Waals surface area contributed by atoms with Gasteiger partial charge in [-0.15, -0.1) is 10.2 Å². The number of nitrogens with one attached hydrogen (secondary N) is 1. The number of aliphatic hydroxyl groups is 1. The summed E-state index contributed by atoms with van der Waals surface area (Å²) in [5, 5.41) is 19.8. The van der Waals surface area contributed by atoms with E-state index in [1.165, 1.54) is 0 Å². The van der Waals surface area contributed by atoms with Gasteiger partial charge in [-0.2, -0.15) is 0 Å². The van der Waals surface area contributed by atoms with Crippen molar-refractivity contribution in [3.63, 3.8) is 0 Å². The predicted molar refractivity (Wildman–Crippen MR) is 49.3 cm³/mol. The highest BCUT2D eigenvalue weighted by Crippen LogP contribution is 1.91. The lowest BCUT2D eigenvalue weighted by Crippen LogP contribution is -2.26. The molecule has 1 rings (SSSR count). The monoisotopic (exact) mass is 184 g/mol. The second-order valence-electron chi connectivity index (χ2n) is 3.16. The first-order valence-electron chi connectivity index (χ1n) is 4.42. The van der Waals surface area contributed by atoms with E-state index < -0.39 is 0 Å². The molecule has 1 aromatic rings. The summed E-state index contributed by atoms with van der Waals surface area (Å²) in [6, 6.07) is 0. The molecule has 1 heterocycles. The first-order chi connectivity index (χ1) is 6.20. The van der Waals surface area contributed by atoms with Crippen LogP contribution in [0.3, 0.4) is 0 Å². The van der Waals surface area contributed by atoms with Gasteiger partial charge in [0.25, 0.3) is 0 Å². The molecule has 74 valence electrons. The Bertz CT molecular complexity index is 246. The van der Waals surface area contributed by atoms with E-state index in [1.54, 1.807) is 13.3 Å². The fourth-order valence-corrected chi connectivity index (χ4v) is 1.04. The van der Waals surface area contributed by atoms with E-state index in [2.05, 4.69) is 15.5 Å². The third-order valence-corrected chi connectivity index (χ3v) is 1.77. The summed E-state index contributed by atoms with van der Waals surface area (Å²) in [6.45, 7) is 3.20. The molecule has 0 amide bonds. The van der Waals surface area contributed by atoms with Gasteiger partial charge in [-0.25, -0.2) is 0 Å². The van der Waals surface area contributed by atoms with Crippen molar-refractivity contribution in [2.45, 2.75) is 19.4 Å². The van der Waals surface area contributed by atoms with Crippen LogP contribution in [0.2, 0.25) is 0 Å². The van der Waals surface area contributed by atoms with E-state index in [-0.39, 0.29) is 6.10 Å². The summed E-state index contributed by atoms with van der Waals surface area (Å²) < 4.78 is 1.89. The minimum absolute atomic E-state index is 0.292. The molecule has 0 aliphatic carbocycles. The van der Waals surface area contributed by atoms with E-state index in [4.69, 9.17) is 5.11 Å². The number of aryl methyl sites for hydroxylation is 1. The van der Waals surface area contributed by atoms with E-state index >= 15 is 0 Å². The molecule has 0 bridgehead atoms. The Hall–Kier alpha value is -0.940. The molecule has 0 aromatic carbocycles. The maximum atomic E-state index is 8.97. The molecule has 1 aromatic heterocycles. The largest absolute Gasteiger partial charge is 0.392 e. The number of rotatable bonds is 5. The third kappa shape index (κ3) is 3.52. The Labute approximate surface area is 77.8 Å². The molecule has 2 N–H and O–H groups in total. The summed E-state index contributed by atoms with van der Waals surface area (Å²) in [5.41, 5.74) is 0. The standard InChI is InChI=1S/C8H16N4O/c1-7(13)5-9-4-3-8-11-10-6-12(8)2/h6-7,9,13H,3-5H2,1-2H3. The van der Waals surface area contributed by atoms with Crippen LogP contribution >= 0.6 is 0 Å². The smallest absolute Gasteiger partial charge is 0.133 e. The molecule has 5 heteroatoms. The van der Waals surface area contributed by atoms with E-state index in [0.717, 1.165) is 18.8 Å². The van der Waals surface area contributed by atoms with Gasteiger partial charge in [0.1, 0.15) is 12.2 Å². The minimum Gasteiger partial charge on any atom is -0.392 e. The van der Waals surface area contributed by atoms with Crippen molar-refractivity contribution in [3.05, 3.63) is 12.2 Å². The quantitative estimate of drug-likeness (QED) is 0.596. The summed E-state index contributed by atoms with van der Waals surface area (Å²) in [7, 11) is 1.92. The lowest BCUT2D eigenvalue weighted by molar-refractivity contribution is 0.191. The molecule has 0 saturated carbocycles. The fraction of sp³-hybridized carbons (Fsp3) is 0.750. The molecule has 0 spiro atoms. The van der Waals surface area contributed by atoms with Crippen molar-refractivity contribution in [2.24, 2.45) is 7.05 Å². The second-order valence-corrected chi connectivity index (χ2v) is 3.16. The number of aliphatic hydroxyl groups excluding tert-OH is 1. The maximum Gasteiger partial charge on any atom is 0.133 e. The molecular formula is C8H16N4O. The van der Waals surface area contributed by atoms with Crippen molar-refractivity contribution < 1.29 is 5.11 Å². The molecule has 5 nitrogen and oxygen atoms in total. The Morgan fingerprint density at radius 3 is 3.00 bits per heavy atom. The van der Waals surface area contributed by atoms with Gasteiger partial charge in [0.05, 0.1) is 6.10 Å². The van der Waals surface area contributed by atoms with Crippen LogP contribution in [-0.2, 0) is 13.5 Å². The van der Waals surface area contributed by atoms with Crippen LogP contribution in [0, 0.1) is 0 Å². The summed E-state index contributed by atoms with van der Waals surface area (Å²) in [5.74, 6) is 0.957. The van der Waals surface area contributed by atoms with Gasteiger partial charge in [0.2, 0.25) is 0 Å². The Morgan fingerprint density at radius 2 is 2.46 bits per heavy atom. The molecule has 0 fully saturated rings. The van der Waals surface area contributed by atoms with Crippen LogP contribution in [0.25, 0.3) is 0 Å². The van der Waals surface area contributed by atoms with Crippen LogP contribution in [0.5, 0.6) is 0 Å². The van der Waals surface area contributed by atoms with Crippen molar-refractivity contribution in [1.82, 2.24) is 20.1 Å². The van der Waals surface area contributed by atoms with Crippen molar-refractivity contribution >= 4 is 0 Å². The van der Waals surface area contributed by atoms with Crippen LogP contribution in [0.1, 0.15) is 12.7 Å². The Morgan fingerprint density at radius 1 is 1.69 bits per heavy atom. The van der Waals surface area contributed by atoms with Crippen molar-refractivity contribution in [3.8, 4) is 0 Å². The lowest BCUT2D eigenvalue weighted by atomic mass is 10.3. The summed E-state index contributed by atoms with van der Waals surface area (Å²) in [4.78, 5) is 0. The Balaban J connectivity index is 2.17. The second kappa shape index (κ2) is 4.94. The summed E-state index contributed by atoms with van der Waals surface area (Å²) >= 11 is 0. The minimum atomic E-state index is -0.292. The highest BCUT2D eigenvalue weighted by molar-refractivity contribution is 4.84. The zero-order chi connectivity index (χ0) is 9.68. The SMILES string of the molecule is CC(O)CNCCc1nncn1C. The Kier molecular flexibility index (Phi) is 3.85. The van der Waals surface area contributed by atoms with Crippen LogP contribution in [0.4, 0.5) is 0 Å². The van der Waals surface area contributed by atoms with E-state index in [1.807, 2.05) is 11.6 Å². The van der Waals surface area contributed by atoms with Gasteiger partial charge in [-0.3, -0.25) is 0 Å². The van der Waals surface area contributed by atoms with E-state index in [9.17, 15) is 0 Å². The van der Waals surface area contributed by atoms with Gasteiger partial charge in [0.15, 0.2) is 0 Å². The number of aromatic nitrogens is 3. The molecule has 1 unspecified atom stereocenters. The summed E-state index contributed by atoms with van der Waals surface area (Å²) in [6.07, 6.45) is 2.23. The maximum absolute atomic E-state index is 8.97. The highest BCUT2D eigenvalue weighted by atomic mass is 16.3. The van der Waals surface area contributed by atoms with Crippen LogP contribution in [-0.4, -0.2) is 39.1 Å². The zero-order valence-electron chi connectivity index (χ0n) is 8.06. The topological polar surface area (TPSA) is 63.0 Å². The van der Waals surface area contributed by atoms with Crippen molar-refractivity contribution in [2.75, 3.05) is 13.1 Å². The molecule has 0 aliphatic rings. The highest BCUT2D eigenvalue weighted by Gasteiger charge is 1.99. The van der Waals surface area contributed by atoms with Crippen LogP contribution in [0.15, 0.2) is 6.33 Å². The van der Waals surface area contributed by atoms with Crippen LogP contribution < -0.4 is 5.32 Å². The van der Waals surface area contributed by atoms with Gasteiger partial charge in [-0.1, -0.05) is 0 Å². The van der Waals surface area contributed by atoms with Crippen molar-refractivity contribution in [1.29, 1.82) is 0 Å². The average molecular weight is 184 g/mol. The first-order valence-corrected chi connectivity index (χ1v) is 4.42. The molecule has 13 heavy (non-hydrogen) atoms. The fourth-order valence-electron chi connectivity index (χ4n) is 1.04. The molecule has 0 aliphatic heterocycles. The molecule has 0 saturated heterocycles. The normalized spacial score (nSPS) is 13.2.